The van der Waals surface area contributed by atoms with E-state index in [0.717, 1.165) is 5.56 Å². The van der Waals surface area contributed by atoms with Crippen molar-refractivity contribution in [1.29, 1.82) is 0 Å². The Morgan fingerprint density at radius 2 is 2.13 bits per heavy atom. The van der Waals surface area contributed by atoms with Crippen LogP contribution in [0.15, 0.2) is 18.2 Å². The summed E-state index contributed by atoms with van der Waals surface area (Å²) in [6.45, 7) is 1.96. The first-order valence-corrected chi connectivity index (χ1v) is 4.65. The van der Waals surface area contributed by atoms with Gasteiger partial charge >= 0.3 is 0 Å². The van der Waals surface area contributed by atoms with E-state index in [4.69, 9.17) is 9.47 Å². The van der Waals surface area contributed by atoms with Gasteiger partial charge in [0.1, 0.15) is 0 Å². The molecule has 4 nitrogen and oxygen atoms in total. The lowest BCUT2D eigenvalue weighted by Crippen LogP contribution is -2.24. The van der Waals surface area contributed by atoms with E-state index in [1.807, 2.05) is 19.1 Å². The highest BCUT2D eigenvalue weighted by molar-refractivity contribution is 5.77. The fourth-order valence-corrected chi connectivity index (χ4v) is 1.11. The topological polar surface area (TPSA) is 47.6 Å². The van der Waals surface area contributed by atoms with Crippen LogP contribution in [0.25, 0.3) is 0 Å². The van der Waals surface area contributed by atoms with Crippen LogP contribution in [0.3, 0.4) is 0 Å². The van der Waals surface area contributed by atoms with Crippen LogP contribution in [0.1, 0.15) is 5.56 Å². The van der Waals surface area contributed by atoms with E-state index in [2.05, 4.69) is 5.32 Å². The smallest absolute Gasteiger partial charge is 0.257 e. The van der Waals surface area contributed by atoms with Crippen LogP contribution in [0, 0.1) is 6.92 Å². The minimum absolute atomic E-state index is 0.00405. The molecule has 0 bridgehead atoms. The number of rotatable bonds is 4. The quantitative estimate of drug-likeness (QED) is 0.808. The van der Waals surface area contributed by atoms with Crippen molar-refractivity contribution in [3.05, 3.63) is 23.8 Å². The minimum atomic E-state index is -0.169. The predicted octanol–water partition coefficient (Wildman–Crippen LogP) is 1.13. The number of carbonyl (C=O) groups excluding carboxylic acids is 1. The maximum absolute atomic E-state index is 11.0. The molecule has 0 aliphatic rings. The average molecular weight is 209 g/mol. The standard InChI is InChI=1S/C11H15NO3/c1-8-4-5-9(10(6-8)14-3)15-7-11(13)12-2/h4-6H,7H2,1-3H3,(H,12,13). The molecule has 1 N–H and O–H groups in total. The van der Waals surface area contributed by atoms with E-state index >= 15 is 0 Å². The lowest BCUT2D eigenvalue weighted by molar-refractivity contribution is -0.122. The highest BCUT2D eigenvalue weighted by Crippen LogP contribution is 2.27. The first kappa shape index (κ1) is 11.4. The van der Waals surface area contributed by atoms with Crippen molar-refractivity contribution in [2.24, 2.45) is 0 Å². The molecule has 0 aliphatic carbocycles. The van der Waals surface area contributed by atoms with E-state index in [-0.39, 0.29) is 12.5 Å². The van der Waals surface area contributed by atoms with Crippen LogP contribution in [0.2, 0.25) is 0 Å². The maximum Gasteiger partial charge on any atom is 0.257 e. The van der Waals surface area contributed by atoms with E-state index in [9.17, 15) is 4.79 Å². The van der Waals surface area contributed by atoms with Crippen molar-refractivity contribution in [3.8, 4) is 11.5 Å². The Morgan fingerprint density at radius 1 is 1.40 bits per heavy atom. The van der Waals surface area contributed by atoms with E-state index in [1.54, 1.807) is 20.2 Å². The van der Waals surface area contributed by atoms with Gasteiger partial charge in [-0.2, -0.15) is 0 Å². The highest BCUT2D eigenvalue weighted by atomic mass is 16.5. The van der Waals surface area contributed by atoms with Gasteiger partial charge in [-0.1, -0.05) is 6.07 Å². The van der Waals surface area contributed by atoms with E-state index in [1.165, 1.54) is 0 Å². The molecule has 0 radical (unpaired) electrons. The number of amides is 1. The molecule has 1 aromatic rings. The number of hydrogen-bond acceptors (Lipinski definition) is 3. The number of benzene rings is 1. The molecule has 0 fully saturated rings. The van der Waals surface area contributed by atoms with Crippen LogP contribution >= 0.6 is 0 Å². The van der Waals surface area contributed by atoms with Crippen molar-refractivity contribution >= 4 is 5.91 Å². The fourth-order valence-electron chi connectivity index (χ4n) is 1.11. The van der Waals surface area contributed by atoms with Gasteiger partial charge in [0, 0.05) is 7.05 Å². The van der Waals surface area contributed by atoms with Crippen LogP contribution in [0.4, 0.5) is 0 Å². The van der Waals surface area contributed by atoms with Gasteiger partial charge in [-0.25, -0.2) is 0 Å². The molecule has 82 valence electrons. The van der Waals surface area contributed by atoms with Crippen molar-refractivity contribution in [2.75, 3.05) is 20.8 Å². The van der Waals surface area contributed by atoms with Crippen LogP contribution in [-0.4, -0.2) is 26.7 Å². The Kier molecular flexibility index (Phi) is 3.97. The van der Waals surface area contributed by atoms with Crippen molar-refractivity contribution in [2.45, 2.75) is 6.92 Å². The average Bonchev–Trinajstić information content (AvgIpc) is 2.26. The third-order valence-electron chi connectivity index (χ3n) is 1.96. The molecule has 0 spiro atoms. The van der Waals surface area contributed by atoms with Crippen molar-refractivity contribution in [3.63, 3.8) is 0 Å². The first-order valence-electron chi connectivity index (χ1n) is 4.65. The van der Waals surface area contributed by atoms with E-state index in [0.29, 0.717) is 11.5 Å². The summed E-state index contributed by atoms with van der Waals surface area (Å²) in [5.74, 6) is 1.04. The van der Waals surface area contributed by atoms with Gasteiger partial charge < -0.3 is 14.8 Å². The fraction of sp³-hybridized carbons (Fsp3) is 0.364. The van der Waals surface area contributed by atoms with Gasteiger partial charge in [0.25, 0.3) is 5.91 Å². The molecule has 1 aromatic carbocycles. The van der Waals surface area contributed by atoms with Crippen LogP contribution < -0.4 is 14.8 Å². The normalized spacial score (nSPS) is 9.53. The summed E-state index contributed by atoms with van der Waals surface area (Å²) in [7, 11) is 3.14. The Morgan fingerprint density at radius 3 is 2.73 bits per heavy atom. The molecule has 0 atom stereocenters. The number of carbonyl (C=O) groups is 1. The SMILES string of the molecule is CNC(=O)COc1ccc(C)cc1OC. The van der Waals surface area contributed by atoms with Gasteiger partial charge in [0.2, 0.25) is 0 Å². The molecule has 0 unspecified atom stereocenters. The Bertz CT molecular complexity index is 350. The maximum atomic E-state index is 11.0. The summed E-state index contributed by atoms with van der Waals surface area (Å²) in [5.41, 5.74) is 1.08. The molecule has 0 aromatic heterocycles. The van der Waals surface area contributed by atoms with Gasteiger partial charge in [-0.15, -0.1) is 0 Å². The molecule has 4 heteroatoms. The molecule has 15 heavy (non-hydrogen) atoms. The molecule has 1 rings (SSSR count). The Hall–Kier alpha value is -1.71. The Labute approximate surface area is 89.2 Å². The van der Waals surface area contributed by atoms with Gasteiger partial charge in [-0.05, 0) is 24.6 Å². The number of aryl methyl sites for hydroxylation is 1. The second kappa shape index (κ2) is 5.24. The van der Waals surface area contributed by atoms with Gasteiger partial charge in [-0.3, -0.25) is 4.79 Å². The number of methoxy groups -OCH3 is 1. The molecule has 0 saturated carbocycles. The molecular weight excluding hydrogens is 194 g/mol. The molecule has 0 saturated heterocycles. The second-order valence-corrected chi connectivity index (χ2v) is 3.12. The molecular formula is C11H15NO3. The zero-order valence-electron chi connectivity index (χ0n) is 9.16. The number of ether oxygens (including phenoxy) is 2. The summed E-state index contributed by atoms with van der Waals surface area (Å²) in [6.07, 6.45) is 0. The number of nitrogens with one attached hydrogen (secondary N) is 1. The van der Waals surface area contributed by atoms with Gasteiger partial charge in [0.15, 0.2) is 18.1 Å². The third kappa shape index (κ3) is 3.16. The molecule has 1 amide bonds. The summed E-state index contributed by atoms with van der Waals surface area (Å²) in [4.78, 5) is 11.0. The number of likely N-dealkylation sites (N-methyl/N-ethyl adjacent to an activating group) is 1. The summed E-state index contributed by atoms with van der Waals surface area (Å²) in [5, 5.41) is 2.48. The molecule has 0 aliphatic heterocycles. The monoisotopic (exact) mass is 209 g/mol. The lowest BCUT2D eigenvalue weighted by atomic mass is 10.2. The summed E-state index contributed by atoms with van der Waals surface area (Å²) >= 11 is 0. The predicted molar refractivity (Wildman–Crippen MR) is 57.3 cm³/mol. The zero-order chi connectivity index (χ0) is 11.3. The zero-order valence-corrected chi connectivity index (χ0v) is 9.16. The van der Waals surface area contributed by atoms with Crippen LogP contribution in [-0.2, 0) is 4.79 Å². The second-order valence-electron chi connectivity index (χ2n) is 3.12. The third-order valence-corrected chi connectivity index (χ3v) is 1.96. The van der Waals surface area contributed by atoms with Crippen molar-refractivity contribution < 1.29 is 14.3 Å². The molecule has 0 heterocycles. The number of hydrogen-bond donors (Lipinski definition) is 1. The summed E-state index contributed by atoms with van der Waals surface area (Å²) < 4.78 is 10.4. The minimum Gasteiger partial charge on any atom is -0.493 e. The van der Waals surface area contributed by atoms with Crippen molar-refractivity contribution in [1.82, 2.24) is 5.32 Å². The van der Waals surface area contributed by atoms with Gasteiger partial charge in [0.05, 0.1) is 7.11 Å². The summed E-state index contributed by atoms with van der Waals surface area (Å²) in [6, 6.07) is 5.55. The van der Waals surface area contributed by atoms with Crippen LogP contribution in [0.5, 0.6) is 11.5 Å². The Balaban J connectivity index is 2.72. The lowest BCUT2D eigenvalue weighted by Gasteiger charge is -2.10. The van der Waals surface area contributed by atoms with E-state index < -0.39 is 0 Å². The first-order chi connectivity index (χ1) is 7.17. The highest BCUT2D eigenvalue weighted by Gasteiger charge is 2.06. The largest absolute Gasteiger partial charge is 0.493 e.